The van der Waals surface area contributed by atoms with Crippen LogP contribution in [0.15, 0.2) is 42.5 Å². The molecule has 1 atom stereocenters. The number of hydrogen-bond donors (Lipinski definition) is 2. The van der Waals surface area contributed by atoms with E-state index in [0.29, 0.717) is 17.9 Å². The number of benzene rings is 2. The molecule has 2 saturated heterocycles. The number of carbonyl (C=O) groups excluding carboxylic acids is 3. The summed E-state index contributed by atoms with van der Waals surface area (Å²) in [4.78, 5) is 41.6. The molecule has 2 heterocycles. The van der Waals surface area contributed by atoms with Gasteiger partial charge in [-0.3, -0.25) is 9.59 Å². The molecular weight excluding hydrogens is 428 g/mol. The van der Waals surface area contributed by atoms with Crippen LogP contribution in [-0.2, 0) is 22.4 Å². The molecule has 7 nitrogen and oxygen atoms in total. The molecule has 7 heteroatoms. The maximum Gasteiger partial charge on any atom is 0.321 e. The van der Waals surface area contributed by atoms with E-state index in [1.165, 1.54) is 30.4 Å². The third-order valence-corrected chi connectivity index (χ3v) is 7.19. The molecule has 1 unspecified atom stereocenters. The van der Waals surface area contributed by atoms with Crippen molar-refractivity contribution in [3.05, 3.63) is 53.6 Å². The maximum atomic E-state index is 12.9. The van der Waals surface area contributed by atoms with Gasteiger partial charge in [0.1, 0.15) is 0 Å². The largest absolute Gasteiger partial charge is 0.326 e. The Morgan fingerprint density at radius 3 is 2.21 bits per heavy atom. The van der Waals surface area contributed by atoms with Crippen molar-refractivity contribution in [2.45, 2.75) is 51.4 Å². The molecule has 2 N–H and O–H groups in total. The molecule has 3 aliphatic rings. The highest BCUT2D eigenvalue weighted by molar-refractivity contribution is 6.03. The van der Waals surface area contributed by atoms with Crippen LogP contribution in [0.1, 0.15) is 49.7 Å². The third-order valence-electron chi connectivity index (χ3n) is 7.19. The van der Waals surface area contributed by atoms with Crippen LogP contribution >= 0.6 is 0 Å². The fourth-order valence-electron chi connectivity index (χ4n) is 5.22. The van der Waals surface area contributed by atoms with E-state index in [1.54, 1.807) is 29.2 Å². The molecule has 0 radical (unpaired) electrons. The lowest BCUT2D eigenvalue weighted by atomic mass is 10.1. The first-order valence-electron chi connectivity index (χ1n) is 12.5. The first-order chi connectivity index (χ1) is 16.6. The maximum absolute atomic E-state index is 12.9. The predicted molar refractivity (Wildman–Crippen MR) is 133 cm³/mol. The second-order valence-electron chi connectivity index (χ2n) is 9.61. The van der Waals surface area contributed by atoms with Gasteiger partial charge in [-0.15, -0.1) is 0 Å². The molecular formula is C27H32N4O3. The van der Waals surface area contributed by atoms with Gasteiger partial charge in [0.2, 0.25) is 11.8 Å². The van der Waals surface area contributed by atoms with Crippen molar-refractivity contribution in [1.82, 2.24) is 4.90 Å². The number of nitrogens with zero attached hydrogens (tertiary/aromatic N) is 2. The monoisotopic (exact) mass is 460 g/mol. The van der Waals surface area contributed by atoms with E-state index in [2.05, 4.69) is 22.8 Å². The molecule has 2 aromatic carbocycles. The zero-order valence-electron chi connectivity index (χ0n) is 19.5. The minimum absolute atomic E-state index is 0.00956. The average Bonchev–Trinajstić information content (AvgIpc) is 3.37. The fourth-order valence-corrected chi connectivity index (χ4v) is 5.22. The molecule has 0 bridgehead atoms. The minimum Gasteiger partial charge on any atom is -0.326 e. The molecule has 5 rings (SSSR count). The first kappa shape index (κ1) is 22.4. The van der Waals surface area contributed by atoms with Gasteiger partial charge in [-0.25, -0.2) is 4.79 Å². The van der Waals surface area contributed by atoms with Gasteiger partial charge in [-0.05, 0) is 79.6 Å². The Bertz CT molecular complexity index is 1070. The fraction of sp³-hybridized carbons (Fsp3) is 0.444. The lowest BCUT2D eigenvalue weighted by Crippen LogP contribution is -2.35. The Balaban J connectivity index is 1.16. The molecule has 2 aromatic rings. The molecule has 34 heavy (non-hydrogen) atoms. The number of fused-ring (bicyclic) bond motifs is 1. The summed E-state index contributed by atoms with van der Waals surface area (Å²) in [6.45, 7) is 1.98. The van der Waals surface area contributed by atoms with Crippen LogP contribution in [0, 0.1) is 5.92 Å². The molecule has 2 fully saturated rings. The zero-order valence-corrected chi connectivity index (χ0v) is 19.5. The van der Waals surface area contributed by atoms with Crippen molar-refractivity contribution in [2.75, 3.05) is 35.2 Å². The van der Waals surface area contributed by atoms with E-state index in [9.17, 15) is 14.4 Å². The Kier molecular flexibility index (Phi) is 6.52. The van der Waals surface area contributed by atoms with Gasteiger partial charge in [-0.1, -0.05) is 18.9 Å². The zero-order chi connectivity index (χ0) is 23.5. The van der Waals surface area contributed by atoms with E-state index >= 15 is 0 Å². The van der Waals surface area contributed by atoms with Crippen molar-refractivity contribution in [3.8, 4) is 0 Å². The molecule has 1 aliphatic carbocycles. The number of urea groups is 1. The van der Waals surface area contributed by atoms with Gasteiger partial charge in [-0.2, -0.15) is 0 Å². The second kappa shape index (κ2) is 9.87. The molecule has 4 amide bonds. The Morgan fingerprint density at radius 1 is 0.794 bits per heavy atom. The molecule has 0 aromatic heterocycles. The topological polar surface area (TPSA) is 81.8 Å². The summed E-state index contributed by atoms with van der Waals surface area (Å²) in [6, 6.07) is 13.3. The number of hydrogen-bond acceptors (Lipinski definition) is 3. The lowest BCUT2D eigenvalue weighted by molar-refractivity contribution is -0.122. The van der Waals surface area contributed by atoms with Crippen molar-refractivity contribution < 1.29 is 14.4 Å². The van der Waals surface area contributed by atoms with Gasteiger partial charge in [0.25, 0.3) is 0 Å². The van der Waals surface area contributed by atoms with Crippen molar-refractivity contribution in [1.29, 1.82) is 0 Å². The summed E-state index contributed by atoms with van der Waals surface area (Å²) in [6.07, 6.45) is 7.99. The number of carbonyl (C=O) groups is 3. The summed E-state index contributed by atoms with van der Waals surface area (Å²) < 4.78 is 0. The summed E-state index contributed by atoms with van der Waals surface area (Å²) in [5.74, 6) is -0.550. The molecule has 0 spiro atoms. The van der Waals surface area contributed by atoms with E-state index in [4.69, 9.17) is 0 Å². The number of nitrogens with one attached hydrogen (secondary N) is 2. The van der Waals surface area contributed by atoms with Gasteiger partial charge in [0.05, 0.1) is 5.92 Å². The summed E-state index contributed by atoms with van der Waals surface area (Å²) in [7, 11) is 0. The number of aryl methyl sites for hydroxylation is 2. The van der Waals surface area contributed by atoms with Crippen molar-refractivity contribution in [3.63, 3.8) is 0 Å². The average molecular weight is 461 g/mol. The highest BCUT2D eigenvalue weighted by Gasteiger charge is 2.35. The number of likely N-dealkylation sites (tertiary alicyclic amines) is 1. The lowest BCUT2D eigenvalue weighted by Gasteiger charge is -2.21. The van der Waals surface area contributed by atoms with Crippen LogP contribution in [-0.4, -0.2) is 42.4 Å². The number of rotatable bonds is 4. The first-order valence-corrected chi connectivity index (χ1v) is 12.5. The van der Waals surface area contributed by atoms with Gasteiger partial charge in [0, 0.05) is 43.1 Å². The molecule has 0 saturated carbocycles. The number of amides is 4. The SMILES string of the molecule is O=C(Nc1ccc(NC(=O)N2CCCCCC2)cc1)C1CC(=O)N(c2ccc3c(c2)CCC3)C1. The van der Waals surface area contributed by atoms with Crippen LogP contribution in [0.4, 0.5) is 21.9 Å². The Labute approximate surface area is 200 Å². The van der Waals surface area contributed by atoms with Crippen LogP contribution in [0.5, 0.6) is 0 Å². The summed E-state index contributed by atoms with van der Waals surface area (Å²) in [5, 5.41) is 5.87. The van der Waals surface area contributed by atoms with Crippen LogP contribution in [0.2, 0.25) is 0 Å². The van der Waals surface area contributed by atoms with Crippen LogP contribution in [0.25, 0.3) is 0 Å². The summed E-state index contributed by atoms with van der Waals surface area (Å²) in [5.41, 5.74) is 4.94. The second-order valence-corrected chi connectivity index (χ2v) is 9.61. The van der Waals surface area contributed by atoms with Gasteiger partial charge in [0.15, 0.2) is 0 Å². The van der Waals surface area contributed by atoms with Crippen LogP contribution < -0.4 is 15.5 Å². The minimum atomic E-state index is -0.386. The number of anilines is 3. The quantitative estimate of drug-likeness (QED) is 0.701. The molecule has 2 aliphatic heterocycles. The van der Waals surface area contributed by atoms with E-state index in [1.807, 2.05) is 11.0 Å². The van der Waals surface area contributed by atoms with E-state index < -0.39 is 0 Å². The molecule has 178 valence electrons. The Hall–Kier alpha value is -3.35. The van der Waals surface area contributed by atoms with Crippen molar-refractivity contribution >= 4 is 34.9 Å². The van der Waals surface area contributed by atoms with Gasteiger partial charge >= 0.3 is 6.03 Å². The van der Waals surface area contributed by atoms with Crippen molar-refractivity contribution in [2.24, 2.45) is 5.92 Å². The van der Waals surface area contributed by atoms with E-state index in [0.717, 1.165) is 44.5 Å². The normalized spacial score (nSPS) is 20.1. The highest BCUT2D eigenvalue weighted by atomic mass is 16.2. The highest BCUT2D eigenvalue weighted by Crippen LogP contribution is 2.31. The summed E-state index contributed by atoms with van der Waals surface area (Å²) >= 11 is 0. The standard InChI is InChI=1S/C27H32N4O3/c32-25-17-21(18-31(25)24-13-8-19-6-5-7-20(19)16-24)26(33)28-22-9-11-23(12-10-22)29-27(34)30-14-3-1-2-4-15-30/h8-13,16,21H,1-7,14-15,17-18H2,(H,28,33)(H,29,34). The van der Waals surface area contributed by atoms with Crippen LogP contribution in [0.3, 0.4) is 0 Å². The third kappa shape index (κ3) is 4.93. The smallest absolute Gasteiger partial charge is 0.321 e. The Morgan fingerprint density at radius 2 is 1.47 bits per heavy atom. The van der Waals surface area contributed by atoms with Gasteiger partial charge < -0.3 is 20.4 Å². The predicted octanol–water partition coefficient (Wildman–Crippen LogP) is 4.57. The van der Waals surface area contributed by atoms with E-state index in [-0.39, 0.29) is 30.2 Å².